The van der Waals surface area contributed by atoms with Crippen LogP contribution in [0.3, 0.4) is 0 Å². The number of urea groups is 1. The summed E-state index contributed by atoms with van der Waals surface area (Å²) in [4.78, 5) is 38.3. The standard InChI is InChI=1S/C20H25N5O3/c1-25(2)14-18(26)22-17(13-15-9-5-3-6-10-15)19(27)23-24-20(28)21-16-11-7-4-8-12-16/h3-12,17H,13-14H2,1-2H3,(H,22,26)(H,23,27)(H2,21,24,28)/t17-/m0/s1. The number of anilines is 1. The van der Waals surface area contributed by atoms with Crippen molar-refractivity contribution in [2.75, 3.05) is 26.0 Å². The number of hydrogen-bond acceptors (Lipinski definition) is 4. The summed E-state index contributed by atoms with van der Waals surface area (Å²) in [5, 5.41) is 5.30. The lowest BCUT2D eigenvalue weighted by molar-refractivity contribution is -0.129. The SMILES string of the molecule is CN(C)CC(=O)N[C@@H](Cc1ccccc1)C(=O)NNC(=O)Nc1ccccc1. The minimum absolute atomic E-state index is 0.153. The van der Waals surface area contributed by atoms with Crippen molar-refractivity contribution < 1.29 is 14.4 Å². The number of nitrogens with zero attached hydrogens (tertiary/aromatic N) is 1. The molecule has 28 heavy (non-hydrogen) atoms. The molecule has 148 valence electrons. The lowest BCUT2D eigenvalue weighted by Gasteiger charge is -2.20. The molecule has 0 saturated carbocycles. The first-order valence-electron chi connectivity index (χ1n) is 8.84. The van der Waals surface area contributed by atoms with E-state index in [4.69, 9.17) is 0 Å². The normalized spacial score (nSPS) is 11.4. The van der Waals surface area contributed by atoms with Gasteiger partial charge >= 0.3 is 6.03 Å². The molecule has 0 unspecified atom stereocenters. The molecule has 0 radical (unpaired) electrons. The Balaban J connectivity index is 1.95. The molecule has 0 heterocycles. The average molecular weight is 383 g/mol. The third-order valence-electron chi connectivity index (χ3n) is 3.73. The molecule has 0 spiro atoms. The Hall–Kier alpha value is -3.39. The van der Waals surface area contributed by atoms with Gasteiger partial charge in [-0.25, -0.2) is 10.2 Å². The molecule has 4 N–H and O–H groups in total. The molecule has 0 aliphatic carbocycles. The Morgan fingerprint density at radius 2 is 1.50 bits per heavy atom. The Bertz CT molecular complexity index is 781. The van der Waals surface area contributed by atoms with E-state index in [9.17, 15) is 14.4 Å². The van der Waals surface area contributed by atoms with Gasteiger partial charge in [0.2, 0.25) is 5.91 Å². The van der Waals surface area contributed by atoms with Crippen molar-refractivity contribution in [3.63, 3.8) is 0 Å². The summed E-state index contributed by atoms with van der Waals surface area (Å²) in [6.45, 7) is 0.153. The van der Waals surface area contributed by atoms with E-state index >= 15 is 0 Å². The highest BCUT2D eigenvalue weighted by atomic mass is 16.2. The van der Waals surface area contributed by atoms with E-state index in [1.165, 1.54) is 0 Å². The van der Waals surface area contributed by atoms with Crippen LogP contribution >= 0.6 is 0 Å². The summed E-state index contributed by atoms with van der Waals surface area (Å²) < 4.78 is 0. The smallest absolute Gasteiger partial charge is 0.337 e. The Morgan fingerprint density at radius 3 is 2.11 bits per heavy atom. The van der Waals surface area contributed by atoms with Crippen molar-refractivity contribution in [2.45, 2.75) is 12.5 Å². The quantitative estimate of drug-likeness (QED) is 0.538. The zero-order chi connectivity index (χ0) is 20.4. The molecular formula is C20H25N5O3. The molecular weight excluding hydrogens is 358 g/mol. The first kappa shape index (κ1) is 20.9. The van der Waals surface area contributed by atoms with Crippen LogP contribution in [0.4, 0.5) is 10.5 Å². The molecule has 0 aliphatic rings. The van der Waals surface area contributed by atoms with E-state index in [1.807, 2.05) is 36.4 Å². The van der Waals surface area contributed by atoms with E-state index in [0.29, 0.717) is 12.1 Å². The average Bonchev–Trinajstić information content (AvgIpc) is 2.66. The summed E-state index contributed by atoms with van der Waals surface area (Å²) in [7, 11) is 3.53. The van der Waals surface area contributed by atoms with Crippen LogP contribution in [-0.2, 0) is 16.0 Å². The number of likely N-dealkylation sites (N-methyl/N-ethyl adjacent to an activating group) is 1. The minimum atomic E-state index is -0.827. The summed E-state index contributed by atoms with van der Waals surface area (Å²) in [6, 6.07) is 16.8. The highest BCUT2D eigenvalue weighted by molar-refractivity contribution is 5.93. The molecule has 0 bridgehead atoms. The third-order valence-corrected chi connectivity index (χ3v) is 3.73. The highest BCUT2D eigenvalue weighted by Crippen LogP contribution is 2.05. The van der Waals surface area contributed by atoms with E-state index < -0.39 is 18.0 Å². The van der Waals surface area contributed by atoms with Gasteiger partial charge in [0.1, 0.15) is 6.04 Å². The number of hydrogen-bond donors (Lipinski definition) is 4. The molecule has 2 aromatic rings. The molecule has 0 fully saturated rings. The predicted octanol–water partition coefficient (Wildman–Crippen LogP) is 1.13. The van der Waals surface area contributed by atoms with E-state index in [2.05, 4.69) is 21.5 Å². The van der Waals surface area contributed by atoms with Crippen molar-refractivity contribution in [1.82, 2.24) is 21.1 Å². The summed E-state index contributed by atoms with van der Waals surface area (Å²) in [6.07, 6.45) is 0.299. The van der Waals surface area contributed by atoms with Crippen LogP contribution in [0.1, 0.15) is 5.56 Å². The number of para-hydroxylation sites is 1. The first-order chi connectivity index (χ1) is 13.4. The maximum absolute atomic E-state index is 12.5. The Labute approximate surface area is 164 Å². The molecule has 2 rings (SSSR count). The lowest BCUT2D eigenvalue weighted by atomic mass is 10.1. The maximum Gasteiger partial charge on any atom is 0.337 e. The Morgan fingerprint density at radius 1 is 0.893 bits per heavy atom. The fourth-order valence-corrected chi connectivity index (χ4v) is 2.48. The summed E-state index contributed by atoms with van der Waals surface area (Å²) in [5.74, 6) is -0.797. The van der Waals surface area contributed by atoms with Crippen LogP contribution < -0.4 is 21.5 Å². The second-order valence-corrected chi connectivity index (χ2v) is 6.48. The van der Waals surface area contributed by atoms with Crippen molar-refractivity contribution in [1.29, 1.82) is 0 Å². The van der Waals surface area contributed by atoms with Crippen molar-refractivity contribution in [2.24, 2.45) is 0 Å². The second kappa shape index (κ2) is 10.7. The van der Waals surface area contributed by atoms with Gasteiger partial charge < -0.3 is 15.5 Å². The van der Waals surface area contributed by atoms with Gasteiger partial charge in [0.05, 0.1) is 6.54 Å². The van der Waals surface area contributed by atoms with Crippen LogP contribution in [0.15, 0.2) is 60.7 Å². The number of hydrazine groups is 1. The molecule has 0 aliphatic heterocycles. The number of rotatable bonds is 7. The van der Waals surface area contributed by atoms with Crippen molar-refractivity contribution in [3.8, 4) is 0 Å². The fraction of sp³-hybridized carbons (Fsp3) is 0.250. The van der Waals surface area contributed by atoms with E-state index in [0.717, 1.165) is 5.56 Å². The number of benzene rings is 2. The maximum atomic E-state index is 12.5. The minimum Gasteiger partial charge on any atom is -0.343 e. The largest absolute Gasteiger partial charge is 0.343 e. The van der Waals surface area contributed by atoms with Gasteiger partial charge in [-0.05, 0) is 31.8 Å². The van der Waals surface area contributed by atoms with Crippen LogP contribution in [-0.4, -0.2) is 49.4 Å². The van der Waals surface area contributed by atoms with Crippen LogP contribution in [0, 0.1) is 0 Å². The second-order valence-electron chi connectivity index (χ2n) is 6.48. The molecule has 1 atom stereocenters. The molecule has 0 aromatic heterocycles. The molecule has 4 amide bonds. The summed E-state index contributed by atoms with van der Waals surface area (Å²) in [5.41, 5.74) is 6.13. The van der Waals surface area contributed by atoms with Gasteiger partial charge in [-0.3, -0.25) is 15.0 Å². The van der Waals surface area contributed by atoms with E-state index in [1.54, 1.807) is 43.3 Å². The molecule has 2 aromatic carbocycles. The van der Waals surface area contributed by atoms with Gasteiger partial charge in [0, 0.05) is 12.1 Å². The fourth-order valence-electron chi connectivity index (χ4n) is 2.48. The van der Waals surface area contributed by atoms with Crippen LogP contribution in [0.5, 0.6) is 0 Å². The van der Waals surface area contributed by atoms with Crippen molar-refractivity contribution in [3.05, 3.63) is 66.2 Å². The van der Waals surface area contributed by atoms with E-state index in [-0.39, 0.29) is 12.5 Å². The number of amides is 4. The van der Waals surface area contributed by atoms with Crippen LogP contribution in [0.25, 0.3) is 0 Å². The number of nitrogens with one attached hydrogen (secondary N) is 4. The van der Waals surface area contributed by atoms with Gasteiger partial charge in [-0.15, -0.1) is 0 Å². The van der Waals surface area contributed by atoms with Gasteiger partial charge in [0.15, 0.2) is 0 Å². The van der Waals surface area contributed by atoms with Gasteiger partial charge in [-0.2, -0.15) is 0 Å². The zero-order valence-corrected chi connectivity index (χ0v) is 15.9. The highest BCUT2D eigenvalue weighted by Gasteiger charge is 2.22. The molecule has 8 nitrogen and oxygen atoms in total. The topological polar surface area (TPSA) is 103 Å². The molecule has 0 saturated heterocycles. The lowest BCUT2D eigenvalue weighted by Crippen LogP contribution is -2.54. The third kappa shape index (κ3) is 7.46. The monoisotopic (exact) mass is 383 g/mol. The zero-order valence-electron chi connectivity index (χ0n) is 15.9. The molecule has 8 heteroatoms. The number of carbonyl (C=O) groups excluding carboxylic acids is 3. The van der Waals surface area contributed by atoms with Crippen molar-refractivity contribution >= 4 is 23.5 Å². The number of carbonyl (C=O) groups is 3. The van der Waals surface area contributed by atoms with Crippen LogP contribution in [0.2, 0.25) is 0 Å². The van der Waals surface area contributed by atoms with Gasteiger partial charge in [-0.1, -0.05) is 48.5 Å². The summed E-state index contributed by atoms with van der Waals surface area (Å²) >= 11 is 0. The predicted molar refractivity (Wildman–Crippen MR) is 107 cm³/mol. The van der Waals surface area contributed by atoms with Gasteiger partial charge in [0.25, 0.3) is 5.91 Å². The Kier molecular flexibility index (Phi) is 7.98. The first-order valence-corrected chi connectivity index (χ1v) is 8.84.